The van der Waals surface area contributed by atoms with Gasteiger partial charge in [-0.15, -0.1) is 0 Å². The molecule has 1 fully saturated rings. The number of benzene rings is 2. The molecule has 4 rings (SSSR count). The summed E-state index contributed by atoms with van der Waals surface area (Å²) in [5, 5.41) is 13.8. The fraction of sp³-hybridized carbons (Fsp3) is 0.368. The SMILES string of the molecule is OC1CC[C@@H]2C1c1cc(C(F)(F)F)ccc1N[C@@H]2c1ccccc1. The van der Waals surface area contributed by atoms with Gasteiger partial charge in [0.2, 0.25) is 0 Å². The van der Waals surface area contributed by atoms with E-state index in [0.29, 0.717) is 17.7 Å². The average Bonchev–Trinajstić information content (AvgIpc) is 2.96. The summed E-state index contributed by atoms with van der Waals surface area (Å²) in [5.74, 6) is -0.160. The van der Waals surface area contributed by atoms with E-state index in [2.05, 4.69) is 5.32 Å². The summed E-state index contributed by atoms with van der Waals surface area (Å²) < 4.78 is 39.2. The first kappa shape index (κ1) is 15.5. The Morgan fingerprint density at radius 3 is 2.46 bits per heavy atom. The lowest BCUT2D eigenvalue weighted by Crippen LogP contribution is -2.32. The molecule has 2 N–H and O–H groups in total. The minimum atomic E-state index is -4.37. The van der Waals surface area contributed by atoms with Gasteiger partial charge in [-0.2, -0.15) is 13.2 Å². The number of halogens is 3. The first-order valence-electron chi connectivity index (χ1n) is 8.16. The molecule has 2 aliphatic rings. The van der Waals surface area contributed by atoms with Gasteiger partial charge in [-0.1, -0.05) is 30.3 Å². The summed E-state index contributed by atoms with van der Waals surface area (Å²) in [6, 6.07) is 13.7. The van der Waals surface area contributed by atoms with Crippen molar-refractivity contribution in [2.75, 3.05) is 5.32 Å². The Morgan fingerprint density at radius 2 is 1.75 bits per heavy atom. The molecule has 126 valence electrons. The number of fused-ring (bicyclic) bond motifs is 3. The van der Waals surface area contributed by atoms with E-state index in [4.69, 9.17) is 0 Å². The molecule has 1 aliphatic carbocycles. The van der Waals surface area contributed by atoms with Gasteiger partial charge in [0.25, 0.3) is 0 Å². The van der Waals surface area contributed by atoms with Crippen LogP contribution in [0.4, 0.5) is 18.9 Å². The van der Waals surface area contributed by atoms with E-state index in [0.717, 1.165) is 18.1 Å². The number of hydrogen-bond donors (Lipinski definition) is 2. The van der Waals surface area contributed by atoms with E-state index >= 15 is 0 Å². The van der Waals surface area contributed by atoms with E-state index < -0.39 is 17.8 Å². The molecule has 0 spiro atoms. The van der Waals surface area contributed by atoms with Crippen LogP contribution in [-0.2, 0) is 6.18 Å². The van der Waals surface area contributed by atoms with Gasteiger partial charge in [-0.05, 0) is 48.1 Å². The van der Waals surface area contributed by atoms with Crippen LogP contribution in [0.3, 0.4) is 0 Å². The highest BCUT2D eigenvalue weighted by atomic mass is 19.4. The fourth-order valence-corrected chi connectivity index (χ4v) is 4.23. The van der Waals surface area contributed by atoms with Crippen molar-refractivity contribution in [2.24, 2.45) is 5.92 Å². The second kappa shape index (κ2) is 5.52. The number of rotatable bonds is 1. The average molecular weight is 333 g/mol. The Hall–Kier alpha value is -2.01. The minimum absolute atomic E-state index is 0.0117. The molecule has 0 radical (unpaired) electrons. The van der Waals surface area contributed by atoms with Crippen LogP contribution in [0.25, 0.3) is 0 Å². The molecule has 5 heteroatoms. The van der Waals surface area contributed by atoms with Crippen molar-refractivity contribution in [3.63, 3.8) is 0 Å². The van der Waals surface area contributed by atoms with Crippen molar-refractivity contribution < 1.29 is 18.3 Å². The van der Waals surface area contributed by atoms with Crippen LogP contribution in [0.5, 0.6) is 0 Å². The lowest BCUT2D eigenvalue weighted by atomic mass is 9.76. The lowest BCUT2D eigenvalue weighted by Gasteiger charge is -2.38. The molecule has 1 heterocycles. The standard InChI is InChI=1S/C19H18F3NO/c20-19(21,22)12-6-8-15-14(10-12)17-13(7-9-16(17)24)18(23-15)11-4-2-1-3-5-11/h1-6,8,10,13,16-18,23-24H,7,9H2/t13-,16?,17?,18-/m1/s1. The molecule has 1 saturated carbocycles. The topological polar surface area (TPSA) is 32.3 Å². The normalized spacial score (nSPS) is 28.8. The van der Waals surface area contributed by atoms with Gasteiger partial charge in [-0.25, -0.2) is 0 Å². The predicted molar refractivity (Wildman–Crippen MR) is 85.7 cm³/mol. The number of aliphatic hydroxyl groups excluding tert-OH is 1. The quantitative estimate of drug-likeness (QED) is 0.791. The molecule has 4 atom stereocenters. The number of alkyl halides is 3. The summed E-state index contributed by atoms with van der Waals surface area (Å²) in [6.07, 6.45) is -3.54. The van der Waals surface area contributed by atoms with Crippen molar-refractivity contribution in [1.29, 1.82) is 0 Å². The van der Waals surface area contributed by atoms with Crippen LogP contribution in [-0.4, -0.2) is 11.2 Å². The summed E-state index contributed by atoms with van der Waals surface area (Å²) in [5.41, 5.74) is 1.73. The van der Waals surface area contributed by atoms with Crippen molar-refractivity contribution >= 4 is 5.69 Å². The number of nitrogens with one attached hydrogen (secondary N) is 1. The second-order valence-electron chi connectivity index (χ2n) is 6.67. The van der Waals surface area contributed by atoms with Crippen LogP contribution in [0.1, 0.15) is 41.5 Å². The number of anilines is 1. The van der Waals surface area contributed by atoms with Crippen LogP contribution < -0.4 is 5.32 Å². The highest BCUT2D eigenvalue weighted by molar-refractivity contribution is 5.60. The predicted octanol–water partition coefficient (Wildman–Crippen LogP) is 4.73. The Kier molecular flexibility index (Phi) is 3.57. The van der Waals surface area contributed by atoms with Gasteiger partial charge in [-0.3, -0.25) is 0 Å². The highest BCUT2D eigenvalue weighted by Crippen LogP contribution is 2.53. The molecule has 0 amide bonds. The molecular formula is C19H18F3NO. The maximum atomic E-state index is 13.1. The molecule has 2 aromatic rings. The van der Waals surface area contributed by atoms with Crippen molar-refractivity contribution in [2.45, 2.75) is 37.1 Å². The first-order valence-corrected chi connectivity index (χ1v) is 8.16. The third kappa shape index (κ3) is 2.47. The molecule has 2 unspecified atom stereocenters. The Morgan fingerprint density at radius 1 is 1.00 bits per heavy atom. The van der Waals surface area contributed by atoms with Gasteiger partial charge in [0, 0.05) is 11.6 Å². The zero-order valence-electron chi connectivity index (χ0n) is 12.9. The van der Waals surface area contributed by atoms with Crippen molar-refractivity contribution in [3.05, 3.63) is 65.2 Å². The van der Waals surface area contributed by atoms with Gasteiger partial charge >= 0.3 is 6.18 Å². The van der Waals surface area contributed by atoms with Crippen LogP contribution in [0.2, 0.25) is 0 Å². The van der Waals surface area contributed by atoms with E-state index in [-0.39, 0.29) is 17.9 Å². The third-order valence-electron chi connectivity index (χ3n) is 5.31. The van der Waals surface area contributed by atoms with E-state index in [9.17, 15) is 18.3 Å². The first-order chi connectivity index (χ1) is 11.4. The Labute approximate surface area is 138 Å². The molecule has 2 aromatic carbocycles. The molecule has 0 saturated heterocycles. The molecule has 1 aliphatic heterocycles. The molecular weight excluding hydrogens is 315 g/mol. The number of hydrogen-bond acceptors (Lipinski definition) is 2. The smallest absolute Gasteiger partial charge is 0.392 e. The molecule has 0 aromatic heterocycles. The largest absolute Gasteiger partial charge is 0.416 e. The summed E-state index contributed by atoms with van der Waals surface area (Å²) >= 11 is 0. The highest BCUT2D eigenvalue weighted by Gasteiger charge is 2.46. The van der Waals surface area contributed by atoms with Crippen molar-refractivity contribution in [3.8, 4) is 0 Å². The van der Waals surface area contributed by atoms with Crippen molar-refractivity contribution in [1.82, 2.24) is 0 Å². The Balaban J connectivity index is 1.80. The minimum Gasteiger partial charge on any atom is -0.392 e. The van der Waals surface area contributed by atoms with Gasteiger partial charge in [0.15, 0.2) is 0 Å². The third-order valence-corrected chi connectivity index (χ3v) is 5.31. The zero-order chi connectivity index (χ0) is 16.9. The maximum absolute atomic E-state index is 13.1. The van der Waals surface area contributed by atoms with Gasteiger partial charge in [0.1, 0.15) is 0 Å². The van der Waals surface area contributed by atoms with Crippen LogP contribution in [0, 0.1) is 5.92 Å². The summed E-state index contributed by atoms with van der Waals surface area (Å²) in [6.45, 7) is 0. The molecule has 24 heavy (non-hydrogen) atoms. The fourth-order valence-electron chi connectivity index (χ4n) is 4.23. The summed E-state index contributed by atoms with van der Waals surface area (Å²) in [7, 11) is 0. The summed E-state index contributed by atoms with van der Waals surface area (Å²) in [4.78, 5) is 0. The van der Waals surface area contributed by atoms with Crippen LogP contribution >= 0.6 is 0 Å². The van der Waals surface area contributed by atoms with E-state index in [1.807, 2.05) is 30.3 Å². The Bertz CT molecular complexity index is 744. The molecule has 0 bridgehead atoms. The second-order valence-corrected chi connectivity index (χ2v) is 6.67. The number of aliphatic hydroxyl groups is 1. The zero-order valence-corrected chi connectivity index (χ0v) is 12.9. The monoisotopic (exact) mass is 333 g/mol. The maximum Gasteiger partial charge on any atom is 0.416 e. The molecule has 2 nitrogen and oxygen atoms in total. The van der Waals surface area contributed by atoms with E-state index in [1.54, 1.807) is 0 Å². The lowest BCUT2D eigenvalue weighted by molar-refractivity contribution is -0.137. The van der Waals surface area contributed by atoms with Crippen LogP contribution in [0.15, 0.2) is 48.5 Å². The van der Waals surface area contributed by atoms with E-state index in [1.165, 1.54) is 12.1 Å². The van der Waals surface area contributed by atoms with Gasteiger partial charge < -0.3 is 10.4 Å². The van der Waals surface area contributed by atoms with Gasteiger partial charge in [0.05, 0.1) is 17.7 Å².